The number of ether oxygens (including phenoxy) is 1. The molecule has 0 fully saturated rings. The molecular weight excluding hydrogens is 487 g/mol. The molecule has 186 valence electrons. The van der Waals surface area contributed by atoms with Crippen molar-refractivity contribution < 1.29 is 22.3 Å². The summed E-state index contributed by atoms with van der Waals surface area (Å²) < 4.78 is 47.1. The fourth-order valence-corrected chi connectivity index (χ4v) is 5.79. The number of carbonyl (C=O) groups is 1. The lowest BCUT2D eigenvalue weighted by Gasteiger charge is -2.26. The smallest absolute Gasteiger partial charge is 0.264 e. The number of aryl methyl sites for hydroxylation is 1. The van der Waals surface area contributed by atoms with Gasteiger partial charge in [0.15, 0.2) is 0 Å². The molecular formula is C26H29FN2O4S2. The third-order valence-corrected chi connectivity index (χ3v) is 8.09. The minimum absolute atomic E-state index is 0.0842. The molecule has 0 saturated heterocycles. The first-order valence-electron chi connectivity index (χ1n) is 11.1. The predicted octanol–water partition coefficient (Wildman–Crippen LogP) is 4.78. The molecule has 1 amide bonds. The molecule has 3 aromatic rings. The number of halogens is 1. The van der Waals surface area contributed by atoms with Crippen molar-refractivity contribution >= 4 is 33.4 Å². The van der Waals surface area contributed by atoms with E-state index in [1.165, 1.54) is 25.3 Å². The van der Waals surface area contributed by atoms with Gasteiger partial charge in [0.2, 0.25) is 5.91 Å². The van der Waals surface area contributed by atoms with Crippen molar-refractivity contribution in [2.75, 3.05) is 30.3 Å². The van der Waals surface area contributed by atoms with Gasteiger partial charge in [0, 0.05) is 12.3 Å². The zero-order valence-electron chi connectivity index (χ0n) is 19.7. The Balaban J connectivity index is 1.65. The zero-order valence-corrected chi connectivity index (χ0v) is 21.4. The Bertz CT molecular complexity index is 1240. The van der Waals surface area contributed by atoms with Crippen molar-refractivity contribution in [2.24, 2.45) is 0 Å². The lowest BCUT2D eigenvalue weighted by molar-refractivity contribution is -0.119. The van der Waals surface area contributed by atoms with Gasteiger partial charge in [0.1, 0.15) is 18.1 Å². The van der Waals surface area contributed by atoms with Gasteiger partial charge in [-0.05, 0) is 60.6 Å². The minimum Gasteiger partial charge on any atom is -0.495 e. The van der Waals surface area contributed by atoms with Gasteiger partial charge in [-0.15, -0.1) is 0 Å². The van der Waals surface area contributed by atoms with Crippen LogP contribution in [0.1, 0.15) is 17.5 Å². The van der Waals surface area contributed by atoms with Gasteiger partial charge in [-0.2, -0.15) is 11.8 Å². The summed E-state index contributed by atoms with van der Waals surface area (Å²) in [4.78, 5) is 12.9. The number of amides is 1. The van der Waals surface area contributed by atoms with Crippen LogP contribution in [0.4, 0.5) is 10.1 Å². The molecule has 0 aliphatic heterocycles. The van der Waals surface area contributed by atoms with Gasteiger partial charge in [-0.25, -0.2) is 12.8 Å². The zero-order chi connectivity index (χ0) is 25.3. The second kappa shape index (κ2) is 12.6. The van der Waals surface area contributed by atoms with Crippen LogP contribution in [-0.2, 0) is 20.6 Å². The number of carbonyl (C=O) groups excluding carboxylic acids is 1. The first kappa shape index (κ1) is 26.6. The number of nitrogens with zero attached hydrogens (tertiary/aromatic N) is 1. The Labute approximate surface area is 210 Å². The van der Waals surface area contributed by atoms with Gasteiger partial charge < -0.3 is 10.1 Å². The van der Waals surface area contributed by atoms with Crippen LogP contribution in [0.5, 0.6) is 5.75 Å². The molecule has 9 heteroatoms. The molecule has 1 N–H and O–H groups in total. The number of hydrogen-bond acceptors (Lipinski definition) is 5. The molecule has 0 saturated carbocycles. The second-order valence-corrected chi connectivity index (χ2v) is 10.8. The molecule has 3 aromatic carbocycles. The molecule has 0 aliphatic rings. The number of thioether (sulfide) groups is 1. The molecule has 0 atom stereocenters. The standard InChI is InChI=1S/C26H29FN2O4S2/c1-20-13-14-25(33-2)24(17-20)29(35(31,32)22-10-4-3-5-11-22)18-26(30)28-15-8-16-34-19-21-9-6-7-12-23(21)27/h3-7,9-14,17H,8,15-16,18-19H2,1-2H3,(H,28,30). The van der Waals surface area contributed by atoms with Crippen molar-refractivity contribution in [3.63, 3.8) is 0 Å². The lowest BCUT2D eigenvalue weighted by Crippen LogP contribution is -2.41. The molecule has 35 heavy (non-hydrogen) atoms. The van der Waals surface area contributed by atoms with E-state index in [1.54, 1.807) is 60.3 Å². The summed E-state index contributed by atoms with van der Waals surface area (Å²) in [5.74, 6) is 0.989. The maximum Gasteiger partial charge on any atom is 0.264 e. The van der Waals surface area contributed by atoms with E-state index >= 15 is 0 Å². The Morgan fingerprint density at radius 2 is 1.77 bits per heavy atom. The van der Waals surface area contributed by atoms with Crippen molar-refractivity contribution in [3.05, 3.63) is 89.7 Å². The number of sulfonamides is 1. The van der Waals surface area contributed by atoms with Crippen LogP contribution in [0.25, 0.3) is 0 Å². The number of rotatable bonds is 12. The van der Waals surface area contributed by atoms with E-state index in [0.717, 1.165) is 15.6 Å². The maximum atomic E-state index is 13.7. The van der Waals surface area contributed by atoms with Crippen molar-refractivity contribution in [1.29, 1.82) is 0 Å². The molecule has 0 unspecified atom stereocenters. The number of methoxy groups -OCH3 is 1. The van der Waals surface area contributed by atoms with Gasteiger partial charge in [-0.3, -0.25) is 9.10 Å². The lowest BCUT2D eigenvalue weighted by atomic mass is 10.2. The van der Waals surface area contributed by atoms with Crippen LogP contribution in [0.15, 0.2) is 77.7 Å². The van der Waals surface area contributed by atoms with E-state index in [2.05, 4.69) is 5.32 Å². The van der Waals surface area contributed by atoms with Gasteiger partial charge in [0.05, 0.1) is 17.7 Å². The Kier molecular flexibility index (Phi) is 9.56. The van der Waals surface area contributed by atoms with Crippen LogP contribution in [0, 0.1) is 12.7 Å². The minimum atomic E-state index is -4.02. The van der Waals surface area contributed by atoms with E-state index in [0.29, 0.717) is 35.7 Å². The summed E-state index contributed by atoms with van der Waals surface area (Å²) in [7, 11) is -2.56. The average Bonchev–Trinajstić information content (AvgIpc) is 2.86. The molecule has 0 radical (unpaired) electrons. The van der Waals surface area contributed by atoms with Gasteiger partial charge >= 0.3 is 0 Å². The van der Waals surface area contributed by atoms with Crippen LogP contribution in [0.2, 0.25) is 0 Å². The molecule has 0 aromatic heterocycles. The van der Waals surface area contributed by atoms with Gasteiger partial charge in [0.25, 0.3) is 10.0 Å². The highest BCUT2D eigenvalue weighted by Crippen LogP contribution is 2.33. The van der Waals surface area contributed by atoms with E-state index < -0.39 is 15.9 Å². The Hall–Kier alpha value is -3.04. The number of benzene rings is 3. The largest absolute Gasteiger partial charge is 0.495 e. The number of nitrogens with one attached hydrogen (secondary N) is 1. The fraction of sp³-hybridized carbons (Fsp3) is 0.269. The summed E-state index contributed by atoms with van der Waals surface area (Å²) in [5, 5.41) is 2.80. The first-order chi connectivity index (χ1) is 16.8. The fourth-order valence-electron chi connectivity index (χ4n) is 3.40. The van der Waals surface area contributed by atoms with Crippen molar-refractivity contribution in [1.82, 2.24) is 5.32 Å². The van der Waals surface area contributed by atoms with Crippen LogP contribution in [-0.4, -0.2) is 40.3 Å². The van der Waals surface area contributed by atoms with Crippen LogP contribution >= 0.6 is 11.8 Å². The molecule has 3 rings (SSSR count). The highest BCUT2D eigenvalue weighted by atomic mass is 32.2. The predicted molar refractivity (Wildman–Crippen MR) is 139 cm³/mol. The van der Waals surface area contributed by atoms with E-state index in [1.807, 2.05) is 13.0 Å². The first-order valence-corrected chi connectivity index (χ1v) is 13.7. The normalized spacial score (nSPS) is 11.2. The summed E-state index contributed by atoms with van der Waals surface area (Å²) in [6.07, 6.45) is 0.671. The van der Waals surface area contributed by atoms with Crippen LogP contribution < -0.4 is 14.4 Å². The van der Waals surface area contributed by atoms with Crippen molar-refractivity contribution in [2.45, 2.75) is 24.0 Å². The SMILES string of the molecule is COc1ccc(C)cc1N(CC(=O)NCCCSCc1ccccc1F)S(=O)(=O)c1ccccc1. The topological polar surface area (TPSA) is 75.7 Å². The third-order valence-electron chi connectivity index (χ3n) is 5.22. The molecule has 6 nitrogen and oxygen atoms in total. The molecule has 0 spiro atoms. The number of hydrogen-bond donors (Lipinski definition) is 1. The summed E-state index contributed by atoms with van der Waals surface area (Å²) in [6, 6.07) is 19.8. The Morgan fingerprint density at radius 3 is 2.49 bits per heavy atom. The average molecular weight is 517 g/mol. The quantitative estimate of drug-likeness (QED) is 0.351. The molecule has 0 bridgehead atoms. The highest BCUT2D eigenvalue weighted by molar-refractivity contribution is 7.98. The Morgan fingerprint density at radius 1 is 1.06 bits per heavy atom. The van der Waals surface area contributed by atoms with E-state index in [9.17, 15) is 17.6 Å². The van der Waals surface area contributed by atoms with Crippen LogP contribution in [0.3, 0.4) is 0 Å². The highest BCUT2D eigenvalue weighted by Gasteiger charge is 2.29. The molecule has 0 heterocycles. The summed E-state index contributed by atoms with van der Waals surface area (Å²) in [5.41, 5.74) is 1.78. The van der Waals surface area contributed by atoms with Gasteiger partial charge in [-0.1, -0.05) is 42.5 Å². The summed E-state index contributed by atoms with van der Waals surface area (Å²) >= 11 is 1.58. The second-order valence-electron chi connectivity index (χ2n) is 7.85. The van der Waals surface area contributed by atoms with Crippen molar-refractivity contribution in [3.8, 4) is 5.75 Å². The third kappa shape index (κ3) is 7.22. The molecule has 0 aliphatic carbocycles. The number of anilines is 1. The van der Waals surface area contributed by atoms with E-state index in [-0.39, 0.29) is 17.3 Å². The summed E-state index contributed by atoms with van der Waals surface area (Å²) in [6.45, 7) is 1.84. The monoisotopic (exact) mass is 516 g/mol. The van der Waals surface area contributed by atoms with E-state index in [4.69, 9.17) is 4.74 Å². The maximum absolute atomic E-state index is 13.7.